The molecule has 70 valence electrons. The molecule has 0 aliphatic carbocycles. The van der Waals surface area contributed by atoms with Crippen LogP contribution in [0.3, 0.4) is 0 Å². The number of ketones is 1. The van der Waals surface area contributed by atoms with Gasteiger partial charge in [0.15, 0.2) is 5.78 Å². The summed E-state index contributed by atoms with van der Waals surface area (Å²) in [5, 5.41) is 0. The van der Waals surface area contributed by atoms with E-state index in [0.29, 0.717) is 0 Å². The van der Waals surface area contributed by atoms with E-state index < -0.39 is 8.80 Å². The second-order valence-corrected chi connectivity index (χ2v) is 7.01. The zero-order valence-corrected chi connectivity index (χ0v) is 9.66. The lowest BCUT2D eigenvalue weighted by molar-refractivity contribution is 0.101. The maximum Gasteiger partial charge on any atom is 0.160 e. The van der Waals surface area contributed by atoms with Gasteiger partial charge in [-0.3, -0.25) is 4.79 Å². The van der Waals surface area contributed by atoms with Crippen LogP contribution < -0.4 is 0 Å². The van der Waals surface area contributed by atoms with Crippen molar-refractivity contribution in [1.82, 2.24) is 0 Å². The Morgan fingerprint density at radius 1 is 1.31 bits per heavy atom. The van der Waals surface area contributed by atoms with Crippen molar-refractivity contribution in [3.63, 3.8) is 0 Å². The first-order chi connectivity index (χ1) is 6.11. The van der Waals surface area contributed by atoms with Gasteiger partial charge < -0.3 is 0 Å². The Bertz CT molecular complexity index is 305. The normalized spacial score (nSPS) is 10.5. The van der Waals surface area contributed by atoms with Crippen LogP contribution in [-0.4, -0.2) is 14.6 Å². The molecular formula is C11H16OSi. The highest BCUT2D eigenvalue weighted by atomic mass is 28.3. The zero-order valence-electron chi connectivity index (χ0n) is 8.50. The van der Waals surface area contributed by atoms with Crippen molar-refractivity contribution >= 4 is 14.6 Å². The summed E-state index contributed by atoms with van der Waals surface area (Å²) in [6.45, 7) is 6.24. The Kier molecular flexibility index (Phi) is 3.43. The van der Waals surface area contributed by atoms with E-state index in [2.05, 4.69) is 19.2 Å². The van der Waals surface area contributed by atoms with E-state index >= 15 is 0 Å². The van der Waals surface area contributed by atoms with E-state index in [1.807, 2.05) is 18.2 Å². The van der Waals surface area contributed by atoms with Crippen molar-refractivity contribution in [2.75, 3.05) is 0 Å². The summed E-state index contributed by atoms with van der Waals surface area (Å²) in [6, 6.07) is 9.06. The van der Waals surface area contributed by atoms with Gasteiger partial charge in [-0.1, -0.05) is 37.4 Å². The molecule has 1 rings (SSSR count). The van der Waals surface area contributed by atoms with Gasteiger partial charge in [-0.2, -0.15) is 0 Å². The number of hydrogen-bond acceptors (Lipinski definition) is 1. The maximum absolute atomic E-state index is 11.3. The highest BCUT2D eigenvalue weighted by molar-refractivity contribution is 6.55. The van der Waals surface area contributed by atoms with Gasteiger partial charge in [0.05, 0.1) is 0 Å². The number of carbonyl (C=O) groups excluding carboxylic acids is 1. The van der Waals surface area contributed by atoms with Gasteiger partial charge in [0.2, 0.25) is 0 Å². The van der Waals surface area contributed by atoms with Crippen LogP contribution in [0.5, 0.6) is 0 Å². The highest BCUT2D eigenvalue weighted by Crippen LogP contribution is 2.11. The quantitative estimate of drug-likeness (QED) is 0.531. The molecule has 13 heavy (non-hydrogen) atoms. The number of benzene rings is 1. The van der Waals surface area contributed by atoms with Crippen LogP contribution in [0.15, 0.2) is 24.3 Å². The van der Waals surface area contributed by atoms with E-state index in [1.54, 1.807) is 6.92 Å². The lowest BCUT2D eigenvalue weighted by Crippen LogP contribution is -2.09. The van der Waals surface area contributed by atoms with E-state index in [9.17, 15) is 4.79 Å². The molecule has 0 N–H and O–H groups in total. The molecule has 2 heteroatoms. The first-order valence-electron chi connectivity index (χ1n) is 4.70. The lowest BCUT2D eigenvalue weighted by atomic mass is 10.1. The molecule has 0 heterocycles. The minimum atomic E-state index is -0.619. The summed E-state index contributed by atoms with van der Waals surface area (Å²) in [6.07, 6.45) is 0. The van der Waals surface area contributed by atoms with E-state index in [4.69, 9.17) is 0 Å². The molecule has 0 radical (unpaired) electrons. The van der Waals surface area contributed by atoms with Gasteiger partial charge >= 0.3 is 0 Å². The first-order valence-corrected chi connectivity index (χ1v) is 7.82. The highest BCUT2D eigenvalue weighted by Gasteiger charge is 2.07. The van der Waals surface area contributed by atoms with Crippen molar-refractivity contribution in [1.29, 1.82) is 0 Å². The van der Waals surface area contributed by atoms with Gasteiger partial charge in [-0.15, -0.1) is 0 Å². The zero-order chi connectivity index (χ0) is 9.84. The lowest BCUT2D eigenvalue weighted by Gasteiger charge is -2.07. The third-order valence-electron chi connectivity index (χ3n) is 2.02. The number of rotatable bonds is 3. The SMILES string of the molecule is CC(=O)c1ccccc1C[SiH](C)C. The molecule has 1 nitrogen and oxygen atoms in total. The minimum Gasteiger partial charge on any atom is -0.295 e. The molecule has 0 aliphatic rings. The minimum absolute atomic E-state index is 0.185. The van der Waals surface area contributed by atoms with Crippen molar-refractivity contribution in [3.05, 3.63) is 35.4 Å². The predicted octanol–water partition coefficient (Wildman–Crippen LogP) is 2.46. The van der Waals surface area contributed by atoms with E-state index in [0.717, 1.165) is 11.6 Å². The largest absolute Gasteiger partial charge is 0.295 e. The fourth-order valence-electron chi connectivity index (χ4n) is 1.48. The van der Waals surface area contributed by atoms with Gasteiger partial charge in [0.1, 0.15) is 0 Å². The van der Waals surface area contributed by atoms with Crippen LogP contribution in [0.1, 0.15) is 22.8 Å². The van der Waals surface area contributed by atoms with Gasteiger partial charge in [0.25, 0.3) is 0 Å². The van der Waals surface area contributed by atoms with Crippen LogP contribution in [-0.2, 0) is 6.04 Å². The fourth-order valence-corrected chi connectivity index (χ4v) is 2.72. The molecule has 0 saturated carbocycles. The van der Waals surface area contributed by atoms with Crippen molar-refractivity contribution in [2.45, 2.75) is 26.1 Å². The molecule has 0 spiro atoms. The molecule has 0 unspecified atom stereocenters. The molecule has 0 aromatic heterocycles. The standard InChI is InChI=1S/C11H16OSi/c1-9(12)11-7-5-4-6-10(11)8-13(2)3/h4-7,13H,8H2,1-3H3. The number of hydrogen-bond donors (Lipinski definition) is 0. The van der Waals surface area contributed by atoms with Crippen molar-refractivity contribution in [2.24, 2.45) is 0 Å². The summed E-state index contributed by atoms with van der Waals surface area (Å²) in [7, 11) is -0.619. The average molecular weight is 192 g/mol. The van der Waals surface area contributed by atoms with Gasteiger partial charge in [-0.25, -0.2) is 0 Å². The summed E-state index contributed by atoms with van der Waals surface area (Å²) in [4.78, 5) is 11.3. The Labute approximate surface area is 81.4 Å². The maximum atomic E-state index is 11.3. The van der Waals surface area contributed by atoms with Crippen LogP contribution in [0.4, 0.5) is 0 Å². The monoisotopic (exact) mass is 192 g/mol. The molecule has 0 bridgehead atoms. The molecule has 0 aliphatic heterocycles. The second-order valence-electron chi connectivity index (χ2n) is 3.81. The summed E-state index contributed by atoms with van der Waals surface area (Å²) in [5.74, 6) is 0.185. The molecule has 0 fully saturated rings. The molecule has 1 aromatic rings. The molecule has 0 amide bonds. The van der Waals surface area contributed by atoms with Crippen LogP contribution in [0.2, 0.25) is 13.1 Å². The Morgan fingerprint density at radius 3 is 2.46 bits per heavy atom. The van der Waals surface area contributed by atoms with Crippen LogP contribution in [0.25, 0.3) is 0 Å². The summed E-state index contributed by atoms with van der Waals surface area (Å²) in [5.41, 5.74) is 2.14. The van der Waals surface area contributed by atoms with Crippen LogP contribution in [0, 0.1) is 0 Å². The Hall–Kier alpha value is -0.893. The molecule has 0 atom stereocenters. The smallest absolute Gasteiger partial charge is 0.160 e. The number of Topliss-reactive ketones (excluding diaryl/α,β-unsaturated/α-hetero) is 1. The van der Waals surface area contributed by atoms with Crippen LogP contribution >= 0.6 is 0 Å². The second kappa shape index (κ2) is 4.37. The van der Waals surface area contributed by atoms with Crippen molar-refractivity contribution < 1.29 is 4.79 Å². The first kappa shape index (κ1) is 10.2. The summed E-state index contributed by atoms with van der Waals surface area (Å²) < 4.78 is 0. The van der Waals surface area contributed by atoms with Crippen molar-refractivity contribution in [3.8, 4) is 0 Å². The predicted molar refractivity (Wildman–Crippen MR) is 59.0 cm³/mol. The fraction of sp³-hybridized carbons (Fsp3) is 0.364. The Morgan fingerprint density at radius 2 is 1.92 bits per heavy atom. The molecule has 1 aromatic carbocycles. The third kappa shape index (κ3) is 2.81. The third-order valence-corrected chi connectivity index (χ3v) is 3.28. The summed E-state index contributed by atoms with van der Waals surface area (Å²) >= 11 is 0. The molecule has 0 saturated heterocycles. The molecular weight excluding hydrogens is 176 g/mol. The Balaban J connectivity index is 2.98. The van der Waals surface area contributed by atoms with Gasteiger partial charge in [-0.05, 0) is 18.5 Å². The average Bonchev–Trinajstić information content (AvgIpc) is 2.03. The van der Waals surface area contributed by atoms with Gasteiger partial charge in [0, 0.05) is 14.4 Å². The van der Waals surface area contributed by atoms with E-state index in [-0.39, 0.29) is 5.78 Å². The number of carbonyl (C=O) groups is 1. The topological polar surface area (TPSA) is 17.1 Å². The van der Waals surface area contributed by atoms with E-state index in [1.165, 1.54) is 5.56 Å².